The van der Waals surface area contributed by atoms with Gasteiger partial charge in [0, 0.05) is 30.1 Å². The summed E-state index contributed by atoms with van der Waals surface area (Å²) in [7, 11) is 1.39. The van der Waals surface area contributed by atoms with Gasteiger partial charge in [-0.2, -0.15) is 0 Å². The third-order valence-electron chi connectivity index (χ3n) is 8.46. The van der Waals surface area contributed by atoms with E-state index in [1.54, 1.807) is 0 Å². The first-order chi connectivity index (χ1) is 14.1. The van der Waals surface area contributed by atoms with Gasteiger partial charge in [-0.1, -0.05) is 19.1 Å². The Morgan fingerprint density at radius 1 is 1.20 bits per heavy atom. The van der Waals surface area contributed by atoms with Crippen molar-refractivity contribution in [2.24, 2.45) is 22.7 Å². The number of carbonyl (C=O) groups excluding carboxylic acids is 3. The molecule has 6 aliphatic rings. The maximum Gasteiger partial charge on any atom is 0.344 e. The lowest BCUT2D eigenvalue weighted by Crippen LogP contribution is -2.62. The highest BCUT2D eigenvalue weighted by atomic mass is 16.8. The standard InChI is InChI=1S/C21H22O9/c1-6(2)9-7(3)13-20-12(22)11-10(8(4)15(23)27-11)21(20,17(25)28-13)30-18-19(9,20)14(26-5)16(24)29-18/h7,9,11-14,18,22H,1H2,2-5H3/t7-,9-,11?,12+,13?,14+,18?,19?,20?,21?/m1/s1. The SMILES string of the molecule is C=C(C)[C@@H]1[C@@H](C)C2OC(=O)C34OC5OC(=O)[C@H](OC)C51C23[C@@H](O)C1OC(=O)C(C)=C14. The minimum atomic E-state index is -1.79. The predicted octanol–water partition coefficient (Wildman–Crippen LogP) is 0.00990. The van der Waals surface area contributed by atoms with E-state index in [4.69, 9.17) is 23.7 Å². The number of carbonyl (C=O) groups is 3. The second-order valence-electron chi connectivity index (χ2n) is 9.30. The Morgan fingerprint density at radius 2 is 1.90 bits per heavy atom. The fourth-order valence-electron chi connectivity index (χ4n) is 8.02. The Labute approximate surface area is 171 Å². The highest BCUT2D eigenvalue weighted by Gasteiger charge is 3.00. The summed E-state index contributed by atoms with van der Waals surface area (Å²) >= 11 is 0. The van der Waals surface area contributed by atoms with E-state index in [9.17, 15) is 19.5 Å². The van der Waals surface area contributed by atoms with E-state index in [-0.39, 0.29) is 17.1 Å². The van der Waals surface area contributed by atoms with Crippen LogP contribution in [0.3, 0.4) is 0 Å². The molecule has 4 aliphatic heterocycles. The van der Waals surface area contributed by atoms with Crippen LogP contribution in [0.15, 0.2) is 23.3 Å². The first-order valence-electron chi connectivity index (χ1n) is 10.0. The topological polar surface area (TPSA) is 118 Å². The Bertz CT molecular complexity index is 998. The van der Waals surface area contributed by atoms with Crippen molar-refractivity contribution in [1.82, 2.24) is 0 Å². The second kappa shape index (κ2) is 4.98. The fraction of sp³-hybridized carbons (Fsp3) is 0.667. The minimum absolute atomic E-state index is 0.204. The van der Waals surface area contributed by atoms with Crippen LogP contribution in [0.25, 0.3) is 0 Å². The molecule has 0 aromatic heterocycles. The largest absolute Gasteiger partial charge is 0.459 e. The van der Waals surface area contributed by atoms with Gasteiger partial charge in [-0.25, -0.2) is 14.4 Å². The van der Waals surface area contributed by atoms with Crippen LogP contribution in [-0.4, -0.2) is 66.4 Å². The molecule has 9 nitrogen and oxygen atoms in total. The van der Waals surface area contributed by atoms with Gasteiger partial charge < -0.3 is 28.8 Å². The van der Waals surface area contributed by atoms with Crippen molar-refractivity contribution in [3.63, 3.8) is 0 Å². The Hall–Kier alpha value is -2.23. The van der Waals surface area contributed by atoms with Crippen molar-refractivity contribution < 1.29 is 43.2 Å². The highest BCUT2D eigenvalue weighted by Crippen LogP contribution is 2.83. The zero-order chi connectivity index (χ0) is 21.5. The van der Waals surface area contributed by atoms with E-state index in [1.807, 2.05) is 13.8 Å². The van der Waals surface area contributed by atoms with Gasteiger partial charge in [0.15, 0.2) is 12.2 Å². The molecule has 160 valence electrons. The second-order valence-corrected chi connectivity index (χ2v) is 9.30. The zero-order valence-corrected chi connectivity index (χ0v) is 17.0. The van der Waals surface area contributed by atoms with Crippen molar-refractivity contribution in [2.75, 3.05) is 7.11 Å². The van der Waals surface area contributed by atoms with Crippen molar-refractivity contribution in [2.45, 2.75) is 57.1 Å². The van der Waals surface area contributed by atoms with Crippen LogP contribution in [0.4, 0.5) is 0 Å². The lowest BCUT2D eigenvalue weighted by atomic mass is 9.54. The van der Waals surface area contributed by atoms with Crippen LogP contribution in [0.2, 0.25) is 0 Å². The van der Waals surface area contributed by atoms with Crippen LogP contribution in [-0.2, 0) is 38.1 Å². The summed E-state index contributed by atoms with van der Waals surface area (Å²) in [5, 5.41) is 11.7. The number of aliphatic hydroxyl groups is 1. The summed E-state index contributed by atoms with van der Waals surface area (Å²) in [5.74, 6) is -2.67. The molecule has 5 fully saturated rings. The molecule has 0 bridgehead atoms. The minimum Gasteiger partial charge on any atom is -0.459 e. The molecule has 4 heterocycles. The lowest BCUT2D eigenvalue weighted by Gasteiger charge is -2.44. The number of hydrogen-bond acceptors (Lipinski definition) is 9. The Balaban J connectivity index is 1.76. The van der Waals surface area contributed by atoms with Gasteiger partial charge in [0.25, 0.3) is 0 Å². The summed E-state index contributed by atoms with van der Waals surface area (Å²) in [6.45, 7) is 9.40. The molecular weight excluding hydrogens is 396 g/mol. The zero-order valence-electron chi connectivity index (χ0n) is 17.0. The highest BCUT2D eigenvalue weighted by molar-refractivity contribution is 6.00. The molecule has 6 rings (SSSR count). The average molecular weight is 418 g/mol. The summed E-state index contributed by atoms with van der Waals surface area (Å²) in [5.41, 5.74) is -3.29. The van der Waals surface area contributed by atoms with E-state index in [1.165, 1.54) is 14.0 Å². The van der Waals surface area contributed by atoms with E-state index < -0.39 is 71.0 Å². The lowest BCUT2D eigenvalue weighted by molar-refractivity contribution is -0.190. The van der Waals surface area contributed by atoms with Crippen LogP contribution in [0.1, 0.15) is 20.8 Å². The summed E-state index contributed by atoms with van der Waals surface area (Å²) in [6, 6.07) is 0. The summed E-state index contributed by atoms with van der Waals surface area (Å²) in [4.78, 5) is 38.6. The first kappa shape index (κ1) is 18.5. The number of methoxy groups -OCH3 is 1. The molecule has 3 saturated heterocycles. The normalized spacial score (nSPS) is 54.6. The Kier molecular flexibility index (Phi) is 3.07. The number of aliphatic hydroxyl groups excluding tert-OH is 1. The molecule has 9 heteroatoms. The van der Waals surface area contributed by atoms with Gasteiger partial charge in [0.1, 0.15) is 12.2 Å². The van der Waals surface area contributed by atoms with Gasteiger partial charge >= 0.3 is 17.9 Å². The molecule has 10 atom stereocenters. The first-order valence-corrected chi connectivity index (χ1v) is 10.0. The van der Waals surface area contributed by atoms with E-state index >= 15 is 0 Å². The van der Waals surface area contributed by atoms with Crippen LogP contribution < -0.4 is 0 Å². The number of ether oxygens (including phenoxy) is 5. The van der Waals surface area contributed by atoms with Gasteiger partial charge in [-0.15, -0.1) is 0 Å². The monoisotopic (exact) mass is 418 g/mol. The van der Waals surface area contributed by atoms with Crippen molar-refractivity contribution in [3.8, 4) is 0 Å². The smallest absolute Gasteiger partial charge is 0.344 e. The molecule has 0 aromatic carbocycles. The molecule has 2 spiro atoms. The third-order valence-corrected chi connectivity index (χ3v) is 8.46. The van der Waals surface area contributed by atoms with E-state index in [0.717, 1.165) is 5.57 Å². The van der Waals surface area contributed by atoms with Gasteiger partial charge in [0.05, 0.1) is 10.8 Å². The van der Waals surface area contributed by atoms with Crippen LogP contribution >= 0.6 is 0 Å². The molecule has 6 unspecified atom stereocenters. The predicted molar refractivity (Wildman–Crippen MR) is 95.3 cm³/mol. The molecule has 2 aliphatic carbocycles. The van der Waals surface area contributed by atoms with Crippen LogP contribution in [0.5, 0.6) is 0 Å². The maximum atomic E-state index is 13.4. The van der Waals surface area contributed by atoms with Gasteiger partial charge in [-0.05, 0) is 13.8 Å². The quantitative estimate of drug-likeness (QED) is 0.376. The third kappa shape index (κ3) is 1.34. The fourth-order valence-corrected chi connectivity index (χ4v) is 8.02. The molecule has 1 N–H and O–H groups in total. The van der Waals surface area contributed by atoms with Gasteiger partial charge in [0.2, 0.25) is 11.9 Å². The molecular formula is C21H22O9. The molecule has 0 radical (unpaired) electrons. The van der Waals surface area contributed by atoms with E-state index in [2.05, 4.69) is 6.58 Å². The molecule has 0 amide bonds. The Morgan fingerprint density at radius 3 is 2.53 bits per heavy atom. The number of rotatable bonds is 2. The van der Waals surface area contributed by atoms with Crippen molar-refractivity contribution in [1.29, 1.82) is 0 Å². The maximum absolute atomic E-state index is 13.4. The van der Waals surface area contributed by atoms with Crippen LogP contribution in [0, 0.1) is 22.7 Å². The summed E-state index contributed by atoms with van der Waals surface area (Å²) < 4.78 is 28.9. The molecule has 2 saturated carbocycles. The number of allylic oxidation sites excluding steroid dienone is 1. The summed E-state index contributed by atoms with van der Waals surface area (Å²) in [6.07, 6.45) is -5.49. The number of fused-ring (bicyclic) bond motifs is 1. The van der Waals surface area contributed by atoms with Crippen molar-refractivity contribution in [3.05, 3.63) is 23.3 Å². The van der Waals surface area contributed by atoms with E-state index in [0.29, 0.717) is 0 Å². The molecule has 30 heavy (non-hydrogen) atoms. The van der Waals surface area contributed by atoms with Crippen molar-refractivity contribution >= 4 is 17.9 Å². The average Bonchev–Trinajstić information content (AvgIpc) is 3.38. The number of esters is 3. The van der Waals surface area contributed by atoms with Gasteiger partial charge in [-0.3, -0.25) is 0 Å². The number of hydrogen-bond donors (Lipinski definition) is 1. The molecule has 0 aromatic rings.